The molecule has 6 heteroatoms. The zero-order valence-electron chi connectivity index (χ0n) is 15.3. The van der Waals surface area contributed by atoms with Crippen molar-refractivity contribution in [3.05, 3.63) is 41.7 Å². The number of carbonyl (C=O) groups excluding carboxylic acids is 1. The molecule has 5 nitrogen and oxygen atoms in total. The lowest BCUT2D eigenvalue weighted by Crippen LogP contribution is -2.43. The smallest absolute Gasteiger partial charge is 0.233 e. The number of benzene rings is 1. The van der Waals surface area contributed by atoms with Gasteiger partial charge in [0.15, 0.2) is 5.16 Å². The first kappa shape index (κ1) is 17.6. The Hall–Kier alpha value is -1.82. The van der Waals surface area contributed by atoms with Gasteiger partial charge in [-0.2, -0.15) is 0 Å². The van der Waals surface area contributed by atoms with Crippen LogP contribution in [0.15, 0.2) is 35.5 Å². The van der Waals surface area contributed by atoms with Gasteiger partial charge in [-0.05, 0) is 44.6 Å². The molecule has 0 spiro atoms. The average Bonchev–Trinajstić information content (AvgIpc) is 3.43. The van der Waals surface area contributed by atoms with Gasteiger partial charge in [-0.15, -0.1) is 10.2 Å². The van der Waals surface area contributed by atoms with Crippen LogP contribution >= 0.6 is 11.8 Å². The Bertz CT molecular complexity index is 756. The average molecular weight is 371 g/mol. The molecule has 2 heterocycles. The largest absolute Gasteiger partial charge is 0.339 e. The Kier molecular flexibility index (Phi) is 5.29. The van der Waals surface area contributed by atoms with E-state index in [0.29, 0.717) is 17.7 Å². The lowest BCUT2D eigenvalue weighted by molar-refractivity contribution is -0.131. The molecular formula is C20H26N4OS. The summed E-state index contributed by atoms with van der Waals surface area (Å²) >= 11 is 1.53. The molecule has 26 heavy (non-hydrogen) atoms. The summed E-state index contributed by atoms with van der Waals surface area (Å²) in [6, 6.07) is 10.8. The lowest BCUT2D eigenvalue weighted by atomic mass is 10.0. The Morgan fingerprint density at radius 2 is 1.96 bits per heavy atom. The van der Waals surface area contributed by atoms with E-state index < -0.39 is 0 Å². The van der Waals surface area contributed by atoms with Crippen molar-refractivity contribution in [3.8, 4) is 0 Å². The monoisotopic (exact) mass is 370 g/mol. The van der Waals surface area contributed by atoms with Crippen molar-refractivity contribution in [3.63, 3.8) is 0 Å². The highest BCUT2D eigenvalue weighted by atomic mass is 32.2. The summed E-state index contributed by atoms with van der Waals surface area (Å²) in [4.78, 5) is 14.7. The topological polar surface area (TPSA) is 51.0 Å². The zero-order valence-corrected chi connectivity index (χ0v) is 16.1. The number of hydrogen-bond donors (Lipinski definition) is 0. The summed E-state index contributed by atoms with van der Waals surface area (Å²) in [5, 5.41) is 9.73. The minimum Gasteiger partial charge on any atom is -0.339 e. The van der Waals surface area contributed by atoms with Crippen LogP contribution in [-0.2, 0) is 11.3 Å². The van der Waals surface area contributed by atoms with E-state index in [1.807, 2.05) is 11.0 Å². The molecule has 138 valence electrons. The molecule has 0 bridgehead atoms. The van der Waals surface area contributed by atoms with Crippen LogP contribution in [-0.4, -0.2) is 43.9 Å². The Labute approximate surface area is 159 Å². The zero-order chi connectivity index (χ0) is 17.9. The molecule has 4 rings (SSSR count). The molecule has 0 N–H and O–H groups in total. The maximum Gasteiger partial charge on any atom is 0.233 e. The predicted octanol–water partition coefficient (Wildman–Crippen LogP) is 3.70. The van der Waals surface area contributed by atoms with Crippen molar-refractivity contribution < 1.29 is 4.79 Å². The number of piperidine rings is 1. The summed E-state index contributed by atoms with van der Waals surface area (Å²) in [6.45, 7) is 3.83. The Morgan fingerprint density at radius 3 is 2.69 bits per heavy atom. The fourth-order valence-electron chi connectivity index (χ4n) is 3.64. The van der Waals surface area contributed by atoms with E-state index in [0.717, 1.165) is 36.9 Å². The fraction of sp³-hybridized carbons (Fsp3) is 0.550. The molecule has 2 fully saturated rings. The van der Waals surface area contributed by atoms with Crippen LogP contribution in [0.25, 0.3) is 0 Å². The van der Waals surface area contributed by atoms with Gasteiger partial charge in [0.25, 0.3) is 0 Å². The van der Waals surface area contributed by atoms with Crippen molar-refractivity contribution in [2.45, 2.75) is 62.7 Å². The first-order chi connectivity index (χ1) is 12.7. The number of hydrogen-bond acceptors (Lipinski definition) is 4. The van der Waals surface area contributed by atoms with Gasteiger partial charge in [-0.25, -0.2) is 0 Å². The Morgan fingerprint density at radius 1 is 1.15 bits per heavy atom. The van der Waals surface area contributed by atoms with Crippen LogP contribution in [0, 0.1) is 0 Å². The van der Waals surface area contributed by atoms with E-state index in [-0.39, 0.29) is 5.91 Å². The van der Waals surface area contributed by atoms with Gasteiger partial charge in [0.05, 0.1) is 12.3 Å². The summed E-state index contributed by atoms with van der Waals surface area (Å²) in [6.07, 6.45) is 5.86. The number of nitrogens with zero attached hydrogens (tertiary/aromatic N) is 4. The number of carbonyl (C=O) groups is 1. The molecule has 2 aliphatic rings. The van der Waals surface area contributed by atoms with Crippen LogP contribution in [0.3, 0.4) is 0 Å². The van der Waals surface area contributed by atoms with Gasteiger partial charge in [-0.3, -0.25) is 4.79 Å². The second kappa shape index (κ2) is 7.82. The molecule has 1 aromatic carbocycles. The van der Waals surface area contributed by atoms with Crippen LogP contribution in [0.2, 0.25) is 0 Å². The quantitative estimate of drug-likeness (QED) is 0.728. The number of aromatic nitrogens is 3. The van der Waals surface area contributed by atoms with E-state index in [1.54, 1.807) is 0 Å². The summed E-state index contributed by atoms with van der Waals surface area (Å²) < 4.78 is 2.21. The van der Waals surface area contributed by atoms with Gasteiger partial charge in [0.1, 0.15) is 5.82 Å². The third kappa shape index (κ3) is 3.95. The number of amides is 1. The summed E-state index contributed by atoms with van der Waals surface area (Å²) in [5.74, 6) is 2.29. The highest BCUT2D eigenvalue weighted by Crippen LogP contribution is 2.40. The van der Waals surface area contributed by atoms with E-state index in [1.165, 1.54) is 36.6 Å². The second-order valence-corrected chi connectivity index (χ2v) is 8.35. The minimum absolute atomic E-state index is 0.226. The number of rotatable bonds is 6. The highest BCUT2D eigenvalue weighted by Gasteiger charge is 2.31. The predicted molar refractivity (Wildman–Crippen MR) is 103 cm³/mol. The Balaban J connectivity index is 1.46. The summed E-state index contributed by atoms with van der Waals surface area (Å²) in [5.41, 5.74) is 1.24. The number of likely N-dealkylation sites (tertiary alicyclic amines) is 1. The van der Waals surface area contributed by atoms with Crippen molar-refractivity contribution in [2.24, 2.45) is 0 Å². The van der Waals surface area contributed by atoms with Crippen LogP contribution in [0.4, 0.5) is 0 Å². The molecule has 1 atom stereocenters. The van der Waals surface area contributed by atoms with E-state index >= 15 is 0 Å². The molecule has 2 aromatic rings. The van der Waals surface area contributed by atoms with Crippen molar-refractivity contribution in [1.82, 2.24) is 19.7 Å². The first-order valence-electron chi connectivity index (χ1n) is 9.61. The SMILES string of the molecule is C[C@H]1CCCCN1C(=O)CSc1nnc(C2CC2)n1Cc1ccccc1. The molecule has 1 amide bonds. The first-order valence-corrected chi connectivity index (χ1v) is 10.6. The summed E-state index contributed by atoms with van der Waals surface area (Å²) in [7, 11) is 0. The van der Waals surface area contributed by atoms with Crippen molar-refractivity contribution in [1.29, 1.82) is 0 Å². The number of thioether (sulfide) groups is 1. The third-order valence-electron chi connectivity index (χ3n) is 5.32. The minimum atomic E-state index is 0.226. The molecular weight excluding hydrogens is 344 g/mol. The second-order valence-electron chi connectivity index (χ2n) is 7.41. The molecule has 1 aliphatic heterocycles. The molecule has 0 unspecified atom stereocenters. The normalized spacial score (nSPS) is 20.3. The highest BCUT2D eigenvalue weighted by molar-refractivity contribution is 7.99. The van der Waals surface area contributed by atoms with Gasteiger partial charge < -0.3 is 9.47 Å². The van der Waals surface area contributed by atoms with Gasteiger partial charge >= 0.3 is 0 Å². The van der Waals surface area contributed by atoms with Crippen molar-refractivity contribution >= 4 is 17.7 Å². The maximum absolute atomic E-state index is 12.7. The molecule has 1 saturated heterocycles. The van der Waals surface area contributed by atoms with Gasteiger partial charge in [0.2, 0.25) is 5.91 Å². The maximum atomic E-state index is 12.7. The van der Waals surface area contributed by atoms with Crippen molar-refractivity contribution in [2.75, 3.05) is 12.3 Å². The molecule has 0 radical (unpaired) electrons. The van der Waals surface area contributed by atoms with E-state index in [9.17, 15) is 4.79 Å². The lowest BCUT2D eigenvalue weighted by Gasteiger charge is -2.33. The van der Waals surface area contributed by atoms with Gasteiger partial charge in [-0.1, -0.05) is 42.1 Å². The van der Waals surface area contributed by atoms with Crippen LogP contribution in [0.1, 0.15) is 56.3 Å². The van der Waals surface area contributed by atoms with Gasteiger partial charge in [0, 0.05) is 18.5 Å². The van der Waals surface area contributed by atoms with Crippen LogP contribution < -0.4 is 0 Å². The van der Waals surface area contributed by atoms with E-state index in [4.69, 9.17) is 0 Å². The van der Waals surface area contributed by atoms with Crippen LogP contribution in [0.5, 0.6) is 0 Å². The fourth-order valence-corrected chi connectivity index (χ4v) is 4.47. The molecule has 1 saturated carbocycles. The molecule has 1 aromatic heterocycles. The third-order valence-corrected chi connectivity index (χ3v) is 6.27. The van der Waals surface area contributed by atoms with E-state index in [2.05, 4.69) is 46.0 Å². The molecule has 1 aliphatic carbocycles. The standard InChI is InChI=1S/C20H26N4OS/c1-15-7-5-6-12-23(15)18(25)14-26-20-22-21-19(17-10-11-17)24(20)13-16-8-3-2-4-9-16/h2-4,8-9,15,17H,5-7,10-14H2,1H3/t15-/m0/s1.